The molecule has 0 fully saturated rings. The second-order valence-corrected chi connectivity index (χ2v) is 9.27. The maximum Gasteiger partial charge on any atom is 0.248 e. The average Bonchev–Trinajstić information content (AvgIpc) is 2.89. The van der Waals surface area contributed by atoms with Gasteiger partial charge in [0.05, 0.1) is 4.90 Å². The molecular weight excluding hydrogens is 474 g/mol. The average molecular weight is 502 g/mol. The molecule has 3 aromatic carbocycles. The fourth-order valence-electron chi connectivity index (χ4n) is 3.71. The number of rotatable bonds is 10. The Labute approximate surface area is 212 Å². The molecule has 0 spiro atoms. The summed E-state index contributed by atoms with van der Waals surface area (Å²) in [7, 11) is -1.54. The third-order valence-corrected chi connectivity index (χ3v) is 6.70. The lowest BCUT2D eigenvalue weighted by Gasteiger charge is -2.12. The summed E-state index contributed by atoms with van der Waals surface area (Å²) in [4.78, 5) is 28.6. The molecule has 0 radical (unpaired) electrons. The van der Waals surface area contributed by atoms with Crippen molar-refractivity contribution in [3.63, 3.8) is 0 Å². The number of pyridine rings is 1. The van der Waals surface area contributed by atoms with Crippen molar-refractivity contribution in [3.05, 3.63) is 114 Å². The molecule has 1 unspecified atom stereocenters. The number of benzene rings is 3. The van der Waals surface area contributed by atoms with Crippen LogP contribution < -0.4 is 10.5 Å². The van der Waals surface area contributed by atoms with Crippen LogP contribution in [0.4, 0.5) is 5.69 Å². The van der Waals surface area contributed by atoms with Gasteiger partial charge in [-0.1, -0.05) is 48.5 Å². The molecule has 4 rings (SSSR count). The van der Waals surface area contributed by atoms with Crippen molar-refractivity contribution in [1.82, 2.24) is 4.98 Å². The summed E-state index contributed by atoms with van der Waals surface area (Å²) in [5, 5.41) is 0. The Morgan fingerprint density at radius 3 is 2.39 bits per heavy atom. The lowest BCUT2D eigenvalue weighted by molar-refractivity contribution is -0.118. The molecule has 5 N–H and O–H groups in total. The smallest absolute Gasteiger partial charge is 0.248 e. The Bertz CT molecular complexity index is 1360. The minimum Gasteiger partial charge on any atom is -0.412 e. The van der Waals surface area contributed by atoms with E-state index >= 15 is 0 Å². The van der Waals surface area contributed by atoms with Crippen molar-refractivity contribution >= 4 is 28.4 Å². The van der Waals surface area contributed by atoms with E-state index in [1.54, 1.807) is 36.7 Å². The van der Waals surface area contributed by atoms with Gasteiger partial charge in [-0.25, -0.2) is 4.21 Å². The molecule has 1 atom stereocenters. The first kappa shape index (κ1) is 26.5. The van der Waals surface area contributed by atoms with Gasteiger partial charge in [-0.2, -0.15) is 0 Å². The first-order valence-electron chi connectivity index (χ1n) is 11.2. The van der Waals surface area contributed by atoms with Crippen LogP contribution >= 0.6 is 0 Å². The van der Waals surface area contributed by atoms with Gasteiger partial charge in [-0.15, -0.1) is 0 Å². The van der Waals surface area contributed by atoms with Crippen LogP contribution in [-0.2, 0) is 28.6 Å². The molecule has 0 aliphatic heterocycles. The Kier molecular flexibility index (Phi) is 9.21. The van der Waals surface area contributed by atoms with Crippen molar-refractivity contribution < 1.29 is 19.3 Å². The summed E-state index contributed by atoms with van der Waals surface area (Å²) >= 11 is 0. The van der Waals surface area contributed by atoms with Crippen LogP contribution in [0.15, 0.2) is 102 Å². The van der Waals surface area contributed by atoms with Crippen LogP contribution in [0.5, 0.6) is 0 Å². The molecule has 1 heterocycles. The monoisotopic (exact) mass is 501 g/mol. The summed E-state index contributed by atoms with van der Waals surface area (Å²) < 4.78 is 16.2. The summed E-state index contributed by atoms with van der Waals surface area (Å²) in [6.45, 7) is 0. The standard InChI is InChI=1S/C28H25N3O3S.H2O/c29-28(33)23-7-3-6-22(18-23)26-8-1-2-9-27(26)35(34)31-24-13-10-20(11-14-24)17-25(32)15-12-21-5-4-16-30-19-21;/h1-11,13-14,16,18-19,31H,12,15,17H2,(H2,29,33);1H2. The zero-order valence-corrected chi connectivity index (χ0v) is 20.3. The minimum atomic E-state index is -1.54. The normalized spacial score (nSPS) is 11.2. The summed E-state index contributed by atoms with van der Waals surface area (Å²) in [6.07, 6.45) is 4.98. The van der Waals surface area contributed by atoms with E-state index in [-0.39, 0.29) is 11.3 Å². The van der Waals surface area contributed by atoms with Crippen LogP contribution in [0.25, 0.3) is 11.1 Å². The Morgan fingerprint density at radius 2 is 1.67 bits per heavy atom. The predicted molar refractivity (Wildman–Crippen MR) is 142 cm³/mol. The largest absolute Gasteiger partial charge is 0.412 e. The lowest BCUT2D eigenvalue weighted by atomic mass is 10.0. The highest BCUT2D eigenvalue weighted by atomic mass is 32.2. The van der Waals surface area contributed by atoms with Crippen molar-refractivity contribution in [1.29, 1.82) is 0 Å². The molecule has 1 amide bonds. The number of nitrogens with one attached hydrogen (secondary N) is 1. The highest BCUT2D eigenvalue weighted by Crippen LogP contribution is 2.28. The van der Waals surface area contributed by atoms with Crippen molar-refractivity contribution in [2.75, 3.05) is 4.72 Å². The number of primary amides is 1. The van der Waals surface area contributed by atoms with Gasteiger partial charge in [0.1, 0.15) is 5.78 Å². The molecule has 0 aliphatic rings. The van der Waals surface area contributed by atoms with E-state index in [0.29, 0.717) is 35.4 Å². The first-order chi connectivity index (χ1) is 17.0. The fraction of sp³-hybridized carbons (Fsp3) is 0.107. The SMILES string of the molecule is NC(=O)c1cccc(-c2ccccc2S(=O)Nc2ccc(CC(=O)CCc3cccnc3)cc2)c1.O. The maximum absolute atomic E-state index is 13.2. The number of carbonyl (C=O) groups is 2. The van der Waals surface area contributed by atoms with E-state index in [1.165, 1.54) is 0 Å². The molecule has 1 aromatic heterocycles. The zero-order chi connectivity index (χ0) is 24.6. The second-order valence-electron chi connectivity index (χ2n) is 8.09. The van der Waals surface area contributed by atoms with Gasteiger partial charge in [0.25, 0.3) is 0 Å². The number of hydrogen-bond acceptors (Lipinski definition) is 4. The van der Waals surface area contributed by atoms with Gasteiger partial charge >= 0.3 is 0 Å². The molecule has 0 aliphatic carbocycles. The van der Waals surface area contributed by atoms with Crippen LogP contribution in [0.2, 0.25) is 0 Å². The van der Waals surface area contributed by atoms with Crippen LogP contribution in [-0.4, -0.2) is 26.4 Å². The van der Waals surface area contributed by atoms with E-state index in [4.69, 9.17) is 5.73 Å². The van der Waals surface area contributed by atoms with Gasteiger partial charge < -0.3 is 15.9 Å². The highest BCUT2D eigenvalue weighted by Gasteiger charge is 2.13. The maximum atomic E-state index is 13.2. The van der Waals surface area contributed by atoms with Gasteiger partial charge in [-0.3, -0.25) is 14.6 Å². The molecule has 4 aromatic rings. The summed E-state index contributed by atoms with van der Waals surface area (Å²) in [5.41, 5.74) is 9.93. The van der Waals surface area contributed by atoms with E-state index in [1.807, 2.05) is 60.7 Å². The van der Waals surface area contributed by atoms with Gasteiger partial charge in [0.2, 0.25) is 5.91 Å². The molecular formula is C28H27N3O4S. The molecule has 36 heavy (non-hydrogen) atoms. The van der Waals surface area contributed by atoms with E-state index in [2.05, 4.69) is 9.71 Å². The van der Waals surface area contributed by atoms with E-state index < -0.39 is 16.9 Å². The van der Waals surface area contributed by atoms with E-state index in [0.717, 1.165) is 22.3 Å². The van der Waals surface area contributed by atoms with Crippen molar-refractivity contribution in [2.45, 2.75) is 24.2 Å². The third-order valence-electron chi connectivity index (χ3n) is 5.53. The number of nitrogens with zero attached hydrogens (tertiary/aromatic N) is 1. The molecule has 184 valence electrons. The molecule has 0 bridgehead atoms. The summed E-state index contributed by atoms with van der Waals surface area (Å²) in [5.74, 6) is -0.357. The Balaban J connectivity index is 0.00000361. The van der Waals surface area contributed by atoms with Crippen molar-refractivity contribution in [2.24, 2.45) is 5.73 Å². The zero-order valence-electron chi connectivity index (χ0n) is 19.5. The fourth-order valence-corrected chi connectivity index (χ4v) is 4.75. The number of aryl methyl sites for hydroxylation is 1. The first-order valence-corrected chi connectivity index (χ1v) is 12.3. The van der Waals surface area contributed by atoms with Crippen LogP contribution in [0, 0.1) is 0 Å². The molecule has 8 heteroatoms. The number of ketones is 1. The Hall–Kier alpha value is -4.14. The highest BCUT2D eigenvalue weighted by molar-refractivity contribution is 7.86. The molecule has 7 nitrogen and oxygen atoms in total. The molecule has 0 saturated heterocycles. The number of nitrogens with two attached hydrogens (primary N) is 1. The number of carbonyl (C=O) groups excluding carboxylic acids is 2. The number of anilines is 1. The van der Waals surface area contributed by atoms with Gasteiger partial charge in [-0.05, 0) is 65.1 Å². The topological polar surface area (TPSA) is 134 Å². The third kappa shape index (κ3) is 6.94. The second kappa shape index (κ2) is 12.5. The molecule has 0 saturated carbocycles. The predicted octanol–water partition coefficient (Wildman–Crippen LogP) is 3.90. The minimum absolute atomic E-state index is 0. The van der Waals surface area contributed by atoms with E-state index in [9.17, 15) is 13.8 Å². The number of aromatic nitrogens is 1. The van der Waals surface area contributed by atoms with Crippen LogP contribution in [0.1, 0.15) is 27.9 Å². The summed E-state index contributed by atoms with van der Waals surface area (Å²) in [6, 6.07) is 25.4. The number of amides is 1. The number of Topliss-reactive ketones (excluding diaryl/α,β-unsaturated/α-hetero) is 1. The van der Waals surface area contributed by atoms with Gasteiger partial charge in [0.15, 0.2) is 11.0 Å². The van der Waals surface area contributed by atoms with Crippen LogP contribution in [0.3, 0.4) is 0 Å². The Morgan fingerprint density at radius 1 is 0.889 bits per heavy atom. The van der Waals surface area contributed by atoms with Gasteiger partial charge in [0, 0.05) is 36.5 Å². The van der Waals surface area contributed by atoms with Crippen molar-refractivity contribution in [3.8, 4) is 11.1 Å². The lowest BCUT2D eigenvalue weighted by Crippen LogP contribution is -2.11. The number of hydrogen-bond donors (Lipinski definition) is 2. The quantitative estimate of drug-likeness (QED) is 0.341.